The Labute approximate surface area is 283 Å². The van der Waals surface area contributed by atoms with E-state index in [4.69, 9.17) is 0 Å². The molecule has 0 bridgehead atoms. The minimum atomic E-state index is -4.41. The molecule has 1 aliphatic heterocycles. The van der Waals surface area contributed by atoms with E-state index in [2.05, 4.69) is 34.0 Å². The number of unbranched alkanes of at least 4 members (excludes halogenated alkanes) is 1. The minimum absolute atomic E-state index is 0.0214. The molecule has 0 atom stereocenters. The van der Waals surface area contributed by atoms with E-state index in [1.165, 1.54) is 12.1 Å². The van der Waals surface area contributed by atoms with E-state index >= 15 is 0 Å². The number of anilines is 1. The summed E-state index contributed by atoms with van der Waals surface area (Å²) < 4.78 is 39.1. The fourth-order valence-electron chi connectivity index (χ4n) is 5.89. The second kappa shape index (κ2) is 16.3. The van der Waals surface area contributed by atoms with Crippen molar-refractivity contribution < 1.29 is 22.8 Å². The number of amides is 2. The highest BCUT2D eigenvalue weighted by Crippen LogP contribution is 2.40. The smallest absolute Gasteiger partial charge is 0.349 e. The summed E-state index contributed by atoms with van der Waals surface area (Å²) in [5.41, 5.74) is 1.78. The molecule has 2 fully saturated rings. The lowest BCUT2D eigenvalue weighted by atomic mass is 9.97. The third-order valence-corrected chi connectivity index (χ3v) is 10.2. The lowest BCUT2D eigenvalue weighted by molar-refractivity contribution is -0.137. The van der Waals surface area contributed by atoms with Crippen LogP contribution in [0.5, 0.6) is 0 Å². The van der Waals surface area contributed by atoms with Gasteiger partial charge in [0.2, 0.25) is 5.91 Å². The van der Waals surface area contributed by atoms with Gasteiger partial charge in [0.25, 0.3) is 5.91 Å². The van der Waals surface area contributed by atoms with Gasteiger partial charge in [-0.15, -0.1) is 23.5 Å². The van der Waals surface area contributed by atoms with Crippen molar-refractivity contribution in [1.29, 1.82) is 0 Å². The summed E-state index contributed by atoms with van der Waals surface area (Å²) in [5.74, 6) is 1.81. The number of hydrogen-bond acceptors (Lipinski definition) is 7. The number of hydrogen-bond donors (Lipinski definition) is 1. The zero-order valence-corrected chi connectivity index (χ0v) is 28.5. The molecule has 12 heteroatoms. The van der Waals surface area contributed by atoms with Crippen molar-refractivity contribution in [2.75, 3.05) is 42.6 Å². The summed E-state index contributed by atoms with van der Waals surface area (Å²) in [6.07, 6.45) is 2.54. The number of likely N-dealkylation sites (tertiary alicyclic amines) is 1. The molecule has 47 heavy (non-hydrogen) atoms. The molecule has 0 radical (unpaired) electrons. The van der Waals surface area contributed by atoms with Crippen LogP contribution in [-0.2, 0) is 11.0 Å². The summed E-state index contributed by atoms with van der Waals surface area (Å²) in [5, 5.41) is 4.90. The van der Waals surface area contributed by atoms with Crippen LogP contribution in [0.15, 0.2) is 64.9 Å². The zero-order chi connectivity index (χ0) is 33.4. The maximum Gasteiger partial charge on any atom is 0.416 e. The van der Waals surface area contributed by atoms with E-state index in [1.807, 2.05) is 4.90 Å². The van der Waals surface area contributed by atoms with Gasteiger partial charge < -0.3 is 15.1 Å². The van der Waals surface area contributed by atoms with Gasteiger partial charge in [0.15, 0.2) is 0 Å². The van der Waals surface area contributed by atoms with Crippen LogP contribution >= 0.6 is 23.5 Å². The molecular weight excluding hydrogens is 644 g/mol. The molecule has 252 valence electrons. The third kappa shape index (κ3) is 9.29. The predicted molar refractivity (Wildman–Crippen MR) is 183 cm³/mol. The maximum atomic E-state index is 13.5. The fourth-order valence-corrected chi connectivity index (χ4v) is 7.43. The highest BCUT2D eigenvalue weighted by molar-refractivity contribution is 8.00. The molecule has 1 saturated carbocycles. The van der Waals surface area contributed by atoms with Crippen molar-refractivity contribution in [3.8, 4) is 11.1 Å². The number of piperidine rings is 1. The van der Waals surface area contributed by atoms with Gasteiger partial charge in [0.05, 0.1) is 5.56 Å². The second-order valence-electron chi connectivity index (χ2n) is 11.9. The van der Waals surface area contributed by atoms with E-state index in [0.717, 1.165) is 97.5 Å². The molecule has 0 unspecified atom stereocenters. The lowest BCUT2D eigenvalue weighted by Crippen LogP contribution is -2.45. The van der Waals surface area contributed by atoms with Crippen molar-refractivity contribution in [3.05, 3.63) is 66.0 Å². The molecule has 1 aromatic heterocycles. The number of halogens is 3. The molecule has 5 rings (SSSR count). The maximum absolute atomic E-state index is 13.5. The van der Waals surface area contributed by atoms with Gasteiger partial charge in [-0.25, -0.2) is 9.97 Å². The monoisotopic (exact) mass is 685 g/mol. The van der Waals surface area contributed by atoms with Gasteiger partial charge in [0, 0.05) is 37.2 Å². The number of benzene rings is 2. The average Bonchev–Trinajstić information content (AvgIpc) is 3.92. The first kappa shape index (κ1) is 35.2. The van der Waals surface area contributed by atoms with Gasteiger partial charge in [0.1, 0.15) is 22.1 Å². The van der Waals surface area contributed by atoms with Crippen LogP contribution in [0.25, 0.3) is 11.1 Å². The number of aromatic nitrogens is 2. The normalized spacial score (nSPS) is 15.9. The van der Waals surface area contributed by atoms with Crippen LogP contribution in [0.1, 0.15) is 68.3 Å². The number of carbonyl (C=O) groups excluding carboxylic acids is 2. The highest BCUT2D eigenvalue weighted by Gasteiger charge is 2.36. The van der Waals surface area contributed by atoms with E-state index in [9.17, 15) is 22.8 Å². The molecule has 2 heterocycles. The number of thioether (sulfide) groups is 2. The molecule has 1 N–H and O–H groups in total. The van der Waals surface area contributed by atoms with Crippen molar-refractivity contribution in [2.24, 2.45) is 5.92 Å². The fraction of sp³-hybridized carbons (Fsp3) is 0.486. The summed E-state index contributed by atoms with van der Waals surface area (Å²) in [6.45, 7) is 7.46. The van der Waals surface area contributed by atoms with Crippen LogP contribution in [0, 0.1) is 5.92 Å². The lowest BCUT2D eigenvalue weighted by Gasteiger charge is -2.32. The highest BCUT2D eigenvalue weighted by atomic mass is 32.2. The molecule has 2 aromatic carbocycles. The molecule has 0 spiro atoms. The Balaban J connectivity index is 1.13. The van der Waals surface area contributed by atoms with Gasteiger partial charge >= 0.3 is 6.18 Å². The Hall–Kier alpha value is -3.09. The van der Waals surface area contributed by atoms with Gasteiger partial charge in [-0.2, -0.15) is 13.2 Å². The minimum Gasteiger partial charge on any atom is -0.349 e. The van der Waals surface area contributed by atoms with E-state index in [0.29, 0.717) is 23.2 Å². The van der Waals surface area contributed by atoms with Crippen LogP contribution in [-0.4, -0.2) is 70.4 Å². The quantitative estimate of drug-likeness (QED) is 0.105. The Morgan fingerprint density at radius 3 is 2.15 bits per heavy atom. The predicted octanol–water partition coefficient (Wildman–Crippen LogP) is 7.80. The number of nitrogens with zero attached hydrogens (tertiary/aromatic N) is 4. The number of carbonyl (C=O) groups is 2. The van der Waals surface area contributed by atoms with Gasteiger partial charge in [-0.3, -0.25) is 9.59 Å². The molecular formula is C35H42F3N5O2S2. The summed E-state index contributed by atoms with van der Waals surface area (Å²) >= 11 is 3.30. The standard InChI is InChI=1S/C35H42F3N5O2S2/c1-3-46-32-30(33(47-4-2)40-23-39-32)43(34(45)25-11-12-25)20-8-7-19-42-21-17-27(18-22-42)41-31(44)29-10-6-5-9-28(29)24-13-15-26(16-14-24)35(36,37)38/h5-6,9-10,13-16,23,25,27H,3-4,7-8,11-12,17-22H2,1-2H3,(H,41,44). The SMILES string of the molecule is CCSc1ncnc(SCC)c1N(CCCCN1CCC(NC(=O)c2ccccc2-c2ccc(C(F)(F)F)cc2)CC1)C(=O)C1CC1. The largest absolute Gasteiger partial charge is 0.416 e. The first-order chi connectivity index (χ1) is 22.7. The average molecular weight is 686 g/mol. The van der Waals surface area contributed by atoms with E-state index in [-0.39, 0.29) is 23.8 Å². The first-order valence-electron chi connectivity index (χ1n) is 16.4. The molecule has 7 nitrogen and oxygen atoms in total. The van der Waals surface area contributed by atoms with Gasteiger partial charge in [-0.05, 0) is 85.9 Å². The molecule has 2 amide bonds. The molecule has 3 aromatic rings. The van der Waals surface area contributed by atoms with Crippen molar-refractivity contribution in [2.45, 2.75) is 74.6 Å². The van der Waals surface area contributed by atoms with Crippen LogP contribution in [0.2, 0.25) is 0 Å². The third-order valence-electron chi connectivity index (χ3n) is 8.50. The first-order valence-corrected chi connectivity index (χ1v) is 18.4. The topological polar surface area (TPSA) is 78.4 Å². The Morgan fingerprint density at radius 1 is 0.915 bits per heavy atom. The molecule has 1 saturated heterocycles. The number of alkyl halides is 3. The van der Waals surface area contributed by atoms with Crippen molar-refractivity contribution in [1.82, 2.24) is 20.2 Å². The van der Waals surface area contributed by atoms with Crippen LogP contribution in [0.3, 0.4) is 0 Å². The number of nitrogens with one attached hydrogen (secondary N) is 1. The van der Waals surface area contributed by atoms with Crippen LogP contribution < -0.4 is 10.2 Å². The Kier molecular flexibility index (Phi) is 12.2. The Morgan fingerprint density at radius 2 is 1.55 bits per heavy atom. The summed E-state index contributed by atoms with van der Waals surface area (Å²) in [4.78, 5) is 40.2. The molecule has 1 aliphatic carbocycles. The summed E-state index contributed by atoms with van der Waals surface area (Å²) in [6, 6.07) is 12.0. The molecule has 2 aliphatic rings. The van der Waals surface area contributed by atoms with Crippen LogP contribution in [0.4, 0.5) is 18.9 Å². The second-order valence-corrected chi connectivity index (χ2v) is 14.4. The van der Waals surface area contributed by atoms with Gasteiger partial charge in [-0.1, -0.05) is 44.2 Å². The zero-order valence-electron chi connectivity index (χ0n) is 26.9. The Bertz CT molecular complexity index is 1490. The number of rotatable bonds is 14. The summed E-state index contributed by atoms with van der Waals surface area (Å²) in [7, 11) is 0. The van der Waals surface area contributed by atoms with Crippen molar-refractivity contribution in [3.63, 3.8) is 0 Å². The van der Waals surface area contributed by atoms with E-state index in [1.54, 1.807) is 54.1 Å². The van der Waals surface area contributed by atoms with E-state index < -0.39 is 11.7 Å². The van der Waals surface area contributed by atoms with Crippen molar-refractivity contribution >= 4 is 41.0 Å².